The van der Waals surface area contributed by atoms with E-state index in [4.69, 9.17) is 4.74 Å². The van der Waals surface area contributed by atoms with Gasteiger partial charge in [-0.25, -0.2) is 9.18 Å². The van der Waals surface area contributed by atoms with Crippen LogP contribution in [0.5, 0.6) is 0 Å². The van der Waals surface area contributed by atoms with Crippen LogP contribution in [0.25, 0.3) is 6.08 Å². The number of carbonyl (C=O) groups excluding carboxylic acids is 2. The molecule has 0 atom stereocenters. The van der Waals surface area contributed by atoms with Gasteiger partial charge in [0.15, 0.2) is 6.61 Å². The molecule has 1 N–H and O–H groups in total. The molecule has 0 aliphatic heterocycles. The van der Waals surface area contributed by atoms with Crippen LogP contribution < -0.4 is 5.32 Å². The number of nitrogens with zero attached hydrogens (tertiary/aromatic N) is 1. The number of esters is 1. The van der Waals surface area contributed by atoms with Crippen molar-refractivity contribution in [2.24, 2.45) is 0 Å². The molecule has 1 amide bonds. The number of halogens is 2. The Bertz CT molecular complexity index is 722. The number of amides is 1. The van der Waals surface area contributed by atoms with Crippen molar-refractivity contribution in [1.29, 1.82) is 5.26 Å². The van der Waals surface area contributed by atoms with E-state index in [0.29, 0.717) is 17.3 Å². The van der Waals surface area contributed by atoms with Gasteiger partial charge in [0.1, 0.15) is 11.4 Å². The van der Waals surface area contributed by atoms with E-state index in [1.165, 1.54) is 18.2 Å². The first-order chi connectivity index (χ1) is 11.9. The fraction of sp³-hybridized carbons (Fsp3) is 0.389. The zero-order chi connectivity index (χ0) is 18.3. The highest BCUT2D eigenvalue weighted by molar-refractivity contribution is 9.10. The fourth-order valence-corrected chi connectivity index (χ4v) is 3.09. The van der Waals surface area contributed by atoms with Gasteiger partial charge in [-0.1, -0.05) is 35.2 Å². The number of nitriles is 1. The van der Waals surface area contributed by atoms with E-state index < -0.39 is 29.8 Å². The summed E-state index contributed by atoms with van der Waals surface area (Å²) in [5, 5.41) is 12.0. The van der Waals surface area contributed by atoms with E-state index in [1.807, 2.05) is 0 Å². The third kappa shape index (κ3) is 5.68. The van der Waals surface area contributed by atoms with Crippen molar-refractivity contribution in [3.05, 3.63) is 40.1 Å². The number of hydrogen-bond acceptors (Lipinski definition) is 4. The van der Waals surface area contributed by atoms with Gasteiger partial charge in [-0.2, -0.15) is 5.26 Å². The minimum absolute atomic E-state index is 0.224. The minimum atomic E-state index is -0.864. The first kappa shape index (κ1) is 19.1. The van der Waals surface area contributed by atoms with Gasteiger partial charge in [0.05, 0.1) is 6.07 Å². The van der Waals surface area contributed by atoms with Gasteiger partial charge >= 0.3 is 5.97 Å². The molecule has 5 nitrogen and oxygen atoms in total. The van der Waals surface area contributed by atoms with Crippen molar-refractivity contribution in [3.63, 3.8) is 0 Å². The largest absolute Gasteiger partial charge is 0.452 e. The Morgan fingerprint density at radius 3 is 2.76 bits per heavy atom. The van der Waals surface area contributed by atoms with Gasteiger partial charge in [0, 0.05) is 16.1 Å². The number of hydrogen-bond donors (Lipinski definition) is 1. The van der Waals surface area contributed by atoms with Gasteiger partial charge in [0.2, 0.25) is 0 Å². The number of carbonyl (C=O) groups is 2. The average molecular weight is 409 g/mol. The summed E-state index contributed by atoms with van der Waals surface area (Å²) in [4.78, 5) is 23.6. The second-order valence-corrected chi connectivity index (χ2v) is 6.83. The molecule has 132 valence electrons. The molecule has 25 heavy (non-hydrogen) atoms. The summed E-state index contributed by atoms with van der Waals surface area (Å²) < 4.78 is 19.1. The highest BCUT2D eigenvalue weighted by Gasteiger charge is 2.33. The molecule has 1 aromatic carbocycles. The predicted octanol–water partition coefficient (Wildman–Crippen LogP) is 3.49. The molecule has 0 unspecified atom stereocenters. The molecule has 2 rings (SSSR count). The molecule has 1 fully saturated rings. The number of nitrogens with one attached hydrogen (secondary N) is 1. The van der Waals surface area contributed by atoms with E-state index in [2.05, 4.69) is 27.3 Å². The Balaban J connectivity index is 1.85. The van der Waals surface area contributed by atoms with Gasteiger partial charge in [-0.05, 0) is 37.1 Å². The summed E-state index contributed by atoms with van der Waals surface area (Å²) in [5.74, 6) is -1.75. The van der Waals surface area contributed by atoms with E-state index >= 15 is 0 Å². The van der Waals surface area contributed by atoms with Crippen molar-refractivity contribution in [1.82, 2.24) is 5.32 Å². The van der Waals surface area contributed by atoms with Crippen LogP contribution in [-0.2, 0) is 14.3 Å². The van der Waals surface area contributed by atoms with Crippen molar-refractivity contribution in [2.45, 2.75) is 37.6 Å². The number of rotatable bonds is 5. The zero-order valence-corrected chi connectivity index (χ0v) is 15.1. The lowest BCUT2D eigenvalue weighted by molar-refractivity contribution is -0.144. The SMILES string of the molecule is N#CC1(NC(=O)COC(=O)/C=C/c2cc(Br)ccc2F)CCCCC1. The van der Waals surface area contributed by atoms with Crippen molar-refractivity contribution in [3.8, 4) is 6.07 Å². The lowest BCUT2D eigenvalue weighted by Crippen LogP contribution is -2.49. The maximum atomic E-state index is 13.6. The summed E-state index contributed by atoms with van der Waals surface area (Å²) in [7, 11) is 0. The molecule has 0 saturated heterocycles. The van der Waals surface area contributed by atoms with Crippen LogP contribution in [-0.4, -0.2) is 24.0 Å². The first-order valence-electron chi connectivity index (χ1n) is 7.96. The Morgan fingerprint density at radius 1 is 1.36 bits per heavy atom. The van der Waals surface area contributed by atoms with Crippen LogP contribution in [0.1, 0.15) is 37.7 Å². The topological polar surface area (TPSA) is 79.2 Å². The molecule has 7 heteroatoms. The van der Waals surface area contributed by atoms with Crippen LogP contribution in [0.2, 0.25) is 0 Å². The monoisotopic (exact) mass is 408 g/mol. The Hall–Kier alpha value is -2.20. The molecular formula is C18H18BrFN2O3. The molecule has 0 bridgehead atoms. The molecular weight excluding hydrogens is 391 g/mol. The molecule has 0 spiro atoms. The lowest BCUT2D eigenvalue weighted by Gasteiger charge is -2.31. The zero-order valence-electron chi connectivity index (χ0n) is 13.6. The highest BCUT2D eigenvalue weighted by atomic mass is 79.9. The standard InChI is InChI=1S/C18H18BrFN2O3/c19-14-5-6-15(20)13(10-14)4-7-17(24)25-11-16(23)22-18(12-21)8-2-1-3-9-18/h4-7,10H,1-3,8-9,11H2,(H,22,23)/b7-4+. The van der Waals surface area contributed by atoms with Crippen LogP contribution in [0, 0.1) is 17.1 Å². The summed E-state index contributed by atoms with van der Waals surface area (Å²) in [6.07, 6.45) is 6.35. The van der Waals surface area contributed by atoms with E-state index in [9.17, 15) is 19.2 Å². The Kier molecular flexibility index (Phi) is 6.71. The number of ether oxygens (including phenoxy) is 1. The molecule has 0 radical (unpaired) electrons. The lowest BCUT2D eigenvalue weighted by atomic mass is 9.83. The third-order valence-corrected chi connectivity index (χ3v) is 4.50. The Labute approximate surface area is 154 Å². The summed E-state index contributed by atoms with van der Waals surface area (Å²) in [6.45, 7) is -0.479. The summed E-state index contributed by atoms with van der Waals surface area (Å²) in [5.41, 5.74) is -0.641. The quantitative estimate of drug-likeness (QED) is 0.597. The molecule has 0 heterocycles. The molecule has 1 aliphatic carbocycles. The first-order valence-corrected chi connectivity index (χ1v) is 8.75. The van der Waals surface area contributed by atoms with E-state index in [-0.39, 0.29) is 5.56 Å². The van der Waals surface area contributed by atoms with Crippen molar-refractivity contribution in [2.75, 3.05) is 6.61 Å². The smallest absolute Gasteiger partial charge is 0.331 e. The predicted molar refractivity (Wildman–Crippen MR) is 93.7 cm³/mol. The molecule has 1 aromatic rings. The van der Waals surface area contributed by atoms with Gasteiger partial charge in [0.25, 0.3) is 5.91 Å². The number of benzene rings is 1. The Morgan fingerprint density at radius 2 is 2.08 bits per heavy atom. The normalized spacial score (nSPS) is 16.2. The van der Waals surface area contributed by atoms with Crippen LogP contribution in [0.3, 0.4) is 0 Å². The second-order valence-electron chi connectivity index (χ2n) is 5.91. The van der Waals surface area contributed by atoms with Gasteiger partial charge in [-0.3, -0.25) is 4.79 Å². The van der Waals surface area contributed by atoms with Crippen molar-refractivity contribution < 1.29 is 18.7 Å². The van der Waals surface area contributed by atoms with Gasteiger partial charge in [-0.15, -0.1) is 0 Å². The molecule has 1 saturated carbocycles. The van der Waals surface area contributed by atoms with Crippen molar-refractivity contribution >= 4 is 33.9 Å². The second kappa shape index (κ2) is 8.77. The average Bonchev–Trinajstić information content (AvgIpc) is 2.61. The van der Waals surface area contributed by atoms with E-state index in [1.54, 1.807) is 6.07 Å². The van der Waals surface area contributed by atoms with Crippen LogP contribution in [0.4, 0.5) is 4.39 Å². The maximum Gasteiger partial charge on any atom is 0.331 e. The van der Waals surface area contributed by atoms with Crippen LogP contribution >= 0.6 is 15.9 Å². The van der Waals surface area contributed by atoms with Crippen LogP contribution in [0.15, 0.2) is 28.7 Å². The third-order valence-electron chi connectivity index (χ3n) is 4.00. The minimum Gasteiger partial charge on any atom is -0.452 e. The summed E-state index contributed by atoms with van der Waals surface area (Å²) >= 11 is 3.22. The van der Waals surface area contributed by atoms with E-state index in [0.717, 1.165) is 25.3 Å². The fourth-order valence-electron chi connectivity index (χ4n) is 2.71. The highest BCUT2D eigenvalue weighted by Crippen LogP contribution is 2.27. The molecule has 0 aromatic heterocycles. The van der Waals surface area contributed by atoms with Gasteiger partial charge < -0.3 is 10.1 Å². The molecule has 1 aliphatic rings. The summed E-state index contributed by atoms with van der Waals surface area (Å²) in [6, 6.07) is 6.50. The maximum absolute atomic E-state index is 13.6.